The van der Waals surface area contributed by atoms with Crippen LogP contribution in [0.4, 0.5) is 0 Å². The minimum absolute atomic E-state index is 0.0417. The van der Waals surface area contributed by atoms with E-state index in [1.54, 1.807) is 4.90 Å². The number of hydrogen-bond donors (Lipinski definition) is 0. The number of hydrogen-bond acceptors (Lipinski definition) is 2. The molecule has 0 atom stereocenters. The summed E-state index contributed by atoms with van der Waals surface area (Å²) in [5.74, 6) is 6.76. The Kier molecular flexibility index (Phi) is 6.68. The first-order valence-corrected chi connectivity index (χ1v) is 7.42. The minimum atomic E-state index is 0.0417. The second kappa shape index (κ2) is 8.26. The third-order valence-corrected chi connectivity index (χ3v) is 2.79. The molecule has 0 unspecified atom stereocenters. The fraction of sp³-hybridized carbons (Fsp3) is 0.444. The molecule has 0 saturated carbocycles. The Balaban J connectivity index is 3.17. The molecule has 0 aliphatic rings. The van der Waals surface area contributed by atoms with Gasteiger partial charge in [-0.15, -0.1) is 0 Å². The maximum atomic E-state index is 12.2. The van der Waals surface area contributed by atoms with E-state index < -0.39 is 0 Å². The molecule has 0 aliphatic heterocycles. The molecule has 112 valence electrons. The van der Waals surface area contributed by atoms with E-state index in [1.807, 2.05) is 65.0 Å². The number of amides is 1. The van der Waals surface area contributed by atoms with Gasteiger partial charge in [0.05, 0.1) is 0 Å². The lowest BCUT2D eigenvalue weighted by molar-refractivity contribution is -0.128. The van der Waals surface area contributed by atoms with E-state index in [2.05, 4.69) is 16.8 Å². The number of carbonyl (C=O) groups excluding carboxylic acids is 1. The molecular weight excluding hydrogens is 260 g/mol. The van der Waals surface area contributed by atoms with E-state index in [1.165, 1.54) is 0 Å². The number of aliphatic imine (C=N–C) groups is 1. The topological polar surface area (TPSA) is 32.7 Å². The summed E-state index contributed by atoms with van der Waals surface area (Å²) in [5.41, 5.74) is 0.918. The van der Waals surface area contributed by atoms with Gasteiger partial charge in [0.15, 0.2) is 5.84 Å². The zero-order valence-electron chi connectivity index (χ0n) is 13.6. The van der Waals surface area contributed by atoms with E-state index in [0.717, 1.165) is 5.56 Å². The quantitative estimate of drug-likeness (QED) is 0.475. The van der Waals surface area contributed by atoms with E-state index >= 15 is 0 Å². The van der Waals surface area contributed by atoms with Crippen molar-refractivity contribution >= 4 is 11.7 Å². The molecule has 1 aromatic carbocycles. The van der Waals surface area contributed by atoms with Crippen LogP contribution in [0.25, 0.3) is 0 Å². The van der Waals surface area contributed by atoms with Gasteiger partial charge in [0.2, 0.25) is 5.91 Å². The second-order valence-corrected chi connectivity index (χ2v) is 5.37. The predicted molar refractivity (Wildman–Crippen MR) is 88.2 cm³/mol. The SMILES string of the molecule is CCC(=O)N(C(C#Cc1ccccc1)=NC(C)C)C(C)C. The molecule has 0 N–H and O–H groups in total. The Morgan fingerprint density at radius 3 is 2.29 bits per heavy atom. The molecule has 1 aromatic rings. The van der Waals surface area contributed by atoms with E-state index in [4.69, 9.17) is 0 Å². The number of rotatable bonds is 3. The molecule has 0 fully saturated rings. The summed E-state index contributed by atoms with van der Waals surface area (Å²) in [6.45, 7) is 9.79. The van der Waals surface area contributed by atoms with Crippen molar-refractivity contribution in [3.8, 4) is 11.8 Å². The average Bonchev–Trinajstić information content (AvgIpc) is 2.44. The van der Waals surface area contributed by atoms with Gasteiger partial charge in [-0.1, -0.05) is 31.0 Å². The van der Waals surface area contributed by atoms with E-state index in [9.17, 15) is 4.79 Å². The standard InChI is InChI=1S/C18H24N2O/c1-6-18(21)20(15(4)5)17(19-14(2)3)13-12-16-10-8-7-9-11-16/h7-11,14-15H,6H2,1-5H3. The van der Waals surface area contributed by atoms with Crippen LogP contribution in [-0.4, -0.2) is 28.7 Å². The van der Waals surface area contributed by atoms with Crippen LogP contribution >= 0.6 is 0 Å². The van der Waals surface area contributed by atoms with Gasteiger partial charge in [0.25, 0.3) is 0 Å². The van der Waals surface area contributed by atoms with Crippen molar-refractivity contribution in [2.45, 2.75) is 53.1 Å². The summed E-state index contributed by atoms with van der Waals surface area (Å²) >= 11 is 0. The van der Waals surface area contributed by atoms with Crippen LogP contribution < -0.4 is 0 Å². The van der Waals surface area contributed by atoms with Crippen molar-refractivity contribution in [1.29, 1.82) is 0 Å². The first kappa shape index (κ1) is 17.0. The average molecular weight is 284 g/mol. The number of nitrogens with zero attached hydrogens (tertiary/aromatic N) is 2. The Morgan fingerprint density at radius 1 is 1.19 bits per heavy atom. The molecule has 21 heavy (non-hydrogen) atoms. The predicted octanol–water partition coefficient (Wildman–Crippen LogP) is 3.49. The number of amidine groups is 1. The molecule has 3 nitrogen and oxygen atoms in total. The Labute approximate surface area is 128 Å². The van der Waals surface area contributed by atoms with Crippen LogP contribution in [-0.2, 0) is 4.79 Å². The molecule has 1 amide bonds. The molecule has 3 heteroatoms. The summed E-state index contributed by atoms with van der Waals surface area (Å²) in [6, 6.07) is 9.87. The van der Waals surface area contributed by atoms with Gasteiger partial charge in [-0.05, 0) is 45.7 Å². The first-order valence-electron chi connectivity index (χ1n) is 7.42. The van der Waals surface area contributed by atoms with Gasteiger partial charge < -0.3 is 0 Å². The van der Waals surface area contributed by atoms with Crippen LogP contribution in [0.3, 0.4) is 0 Å². The van der Waals surface area contributed by atoms with Crippen LogP contribution in [0.1, 0.15) is 46.6 Å². The Morgan fingerprint density at radius 2 is 1.81 bits per heavy atom. The third-order valence-electron chi connectivity index (χ3n) is 2.79. The van der Waals surface area contributed by atoms with Crippen LogP contribution in [0.5, 0.6) is 0 Å². The molecule has 0 spiro atoms. The fourth-order valence-corrected chi connectivity index (χ4v) is 1.87. The molecule has 1 rings (SSSR count). The maximum absolute atomic E-state index is 12.2. The minimum Gasteiger partial charge on any atom is -0.287 e. The van der Waals surface area contributed by atoms with Gasteiger partial charge in [-0.2, -0.15) is 0 Å². The lowest BCUT2D eigenvalue weighted by atomic mass is 10.2. The van der Waals surface area contributed by atoms with Gasteiger partial charge >= 0.3 is 0 Å². The van der Waals surface area contributed by atoms with E-state index in [-0.39, 0.29) is 18.0 Å². The molecule has 0 radical (unpaired) electrons. The highest BCUT2D eigenvalue weighted by molar-refractivity contribution is 6.08. The lowest BCUT2D eigenvalue weighted by Gasteiger charge is -2.25. The van der Waals surface area contributed by atoms with Crippen molar-refractivity contribution in [3.05, 3.63) is 35.9 Å². The van der Waals surface area contributed by atoms with Crippen molar-refractivity contribution in [1.82, 2.24) is 4.90 Å². The smallest absolute Gasteiger partial charge is 0.228 e. The fourth-order valence-electron chi connectivity index (χ4n) is 1.87. The van der Waals surface area contributed by atoms with Gasteiger partial charge in [-0.3, -0.25) is 14.7 Å². The van der Waals surface area contributed by atoms with Crippen LogP contribution in [0.2, 0.25) is 0 Å². The van der Waals surface area contributed by atoms with E-state index in [0.29, 0.717) is 12.3 Å². The highest BCUT2D eigenvalue weighted by Gasteiger charge is 2.20. The Bertz CT molecular complexity index is 548. The summed E-state index contributed by atoms with van der Waals surface area (Å²) in [4.78, 5) is 18.4. The van der Waals surface area contributed by atoms with Crippen molar-refractivity contribution in [2.24, 2.45) is 4.99 Å². The first-order chi connectivity index (χ1) is 9.95. The zero-order valence-corrected chi connectivity index (χ0v) is 13.6. The highest BCUT2D eigenvalue weighted by atomic mass is 16.2. The third kappa shape index (κ3) is 5.43. The van der Waals surface area contributed by atoms with Crippen LogP contribution in [0.15, 0.2) is 35.3 Å². The Hall–Kier alpha value is -2.08. The monoisotopic (exact) mass is 284 g/mol. The molecule has 0 heterocycles. The van der Waals surface area contributed by atoms with Gasteiger partial charge in [0, 0.05) is 24.1 Å². The normalized spacial score (nSPS) is 11.3. The molecule has 0 aromatic heterocycles. The van der Waals surface area contributed by atoms with Crippen molar-refractivity contribution in [3.63, 3.8) is 0 Å². The molecule has 0 bridgehead atoms. The number of carbonyl (C=O) groups is 1. The van der Waals surface area contributed by atoms with Crippen molar-refractivity contribution < 1.29 is 4.79 Å². The lowest BCUT2D eigenvalue weighted by Crippen LogP contribution is -2.41. The van der Waals surface area contributed by atoms with Crippen molar-refractivity contribution in [2.75, 3.05) is 0 Å². The van der Waals surface area contributed by atoms with Gasteiger partial charge in [-0.25, -0.2) is 0 Å². The molecule has 0 aliphatic carbocycles. The summed E-state index contributed by atoms with van der Waals surface area (Å²) in [6.07, 6.45) is 0.447. The molecule has 0 saturated heterocycles. The molecular formula is C18H24N2O. The second-order valence-electron chi connectivity index (χ2n) is 5.37. The number of benzene rings is 1. The largest absolute Gasteiger partial charge is 0.287 e. The summed E-state index contributed by atoms with van der Waals surface area (Å²) in [5, 5.41) is 0. The maximum Gasteiger partial charge on any atom is 0.228 e. The summed E-state index contributed by atoms with van der Waals surface area (Å²) in [7, 11) is 0. The summed E-state index contributed by atoms with van der Waals surface area (Å²) < 4.78 is 0. The van der Waals surface area contributed by atoms with Crippen LogP contribution in [0, 0.1) is 11.8 Å². The highest BCUT2D eigenvalue weighted by Crippen LogP contribution is 2.06. The van der Waals surface area contributed by atoms with Gasteiger partial charge in [0.1, 0.15) is 0 Å². The zero-order chi connectivity index (χ0) is 15.8.